The van der Waals surface area contributed by atoms with Crippen LogP contribution in [0.15, 0.2) is 6.07 Å². The number of nitro groups is 1. The minimum absolute atomic E-state index is 0.0676. The summed E-state index contributed by atoms with van der Waals surface area (Å²) >= 11 is 0. The predicted molar refractivity (Wildman–Crippen MR) is 43.9 cm³/mol. The van der Waals surface area contributed by atoms with Gasteiger partial charge in [-0.3, -0.25) is 0 Å². The third kappa shape index (κ3) is 2.23. The molecule has 0 fully saturated rings. The molecule has 1 atom stereocenters. The highest BCUT2D eigenvalue weighted by atomic mass is 16.6. The lowest BCUT2D eigenvalue weighted by Gasteiger charge is -2.02. The molecular weight excluding hydrogens is 176 g/mol. The summed E-state index contributed by atoms with van der Waals surface area (Å²) < 4.78 is 0. The topological polar surface area (TPSA) is 118 Å². The molecule has 4 N–H and O–H groups in total. The van der Waals surface area contributed by atoms with Crippen LogP contribution in [0.25, 0.3) is 0 Å². The standard InChI is InChI=1S/C6H10N4O3/c7-4(1-2-11)5-3-6(9-8-5)10(12)13/h3-4,11H,1-2,7H2,(H,8,9). The number of hydrogen-bond acceptors (Lipinski definition) is 5. The van der Waals surface area contributed by atoms with E-state index in [9.17, 15) is 10.1 Å². The van der Waals surface area contributed by atoms with Crippen molar-refractivity contribution in [1.82, 2.24) is 10.2 Å². The third-order valence-corrected chi connectivity index (χ3v) is 1.60. The van der Waals surface area contributed by atoms with Gasteiger partial charge in [-0.2, -0.15) is 0 Å². The first kappa shape index (κ1) is 9.62. The summed E-state index contributed by atoms with van der Waals surface area (Å²) in [5.41, 5.74) is 5.94. The van der Waals surface area contributed by atoms with Gasteiger partial charge in [0.1, 0.15) is 5.69 Å². The molecule has 13 heavy (non-hydrogen) atoms. The molecule has 1 unspecified atom stereocenters. The van der Waals surface area contributed by atoms with E-state index in [4.69, 9.17) is 10.8 Å². The molecule has 0 spiro atoms. The zero-order valence-corrected chi connectivity index (χ0v) is 6.80. The Kier molecular flexibility index (Phi) is 2.93. The number of aliphatic hydroxyl groups is 1. The van der Waals surface area contributed by atoms with Crippen molar-refractivity contribution in [1.29, 1.82) is 0 Å². The highest BCUT2D eigenvalue weighted by Crippen LogP contribution is 2.15. The van der Waals surface area contributed by atoms with Gasteiger partial charge in [0.15, 0.2) is 0 Å². The van der Waals surface area contributed by atoms with E-state index < -0.39 is 11.0 Å². The van der Waals surface area contributed by atoms with Crippen molar-refractivity contribution in [3.63, 3.8) is 0 Å². The van der Waals surface area contributed by atoms with Crippen molar-refractivity contribution < 1.29 is 10.0 Å². The third-order valence-electron chi connectivity index (χ3n) is 1.60. The fourth-order valence-corrected chi connectivity index (χ4v) is 0.897. The van der Waals surface area contributed by atoms with E-state index in [1.54, 1.807) is 0 Å². The van der Waals surface area contributed by atoms with E-state index in [1.165, 1.54) is 6.07 Å². The van der Waals surface area contributed by atoms with Crippen molar-refractivity contribution in [3.8, 4) is 0 Å². The molecule has 1 aromatic heterocycles. The Morgan fingerprint density at radius 1 is 1.85 bits per heavy atom. The average molecular weight is 186 g/mol. The zero-order chi connectivity index (χ0) is 9.84. The number of hydrogen-bond donors (Lipinski definition) is 3. The quantitative estimate of drug-likeness (QED) is 0.440. The summed E-state index contributed by atoms with van der Waals surface area (Å²) in [4.78, 5) is 9.66. The number of nitrogens with one attached hydrogen (secondary N) is 1. The molecule has 0 aliphatic heterocycles. The monoisotopic (exact) mass is 186 g/mol. The van der Waals surface area contributed by atoms with E-state index in [0.717, 1.165) is 0 Å². The second-order valence-corrected chi connectivity index (χ2v) is 2.55. The van der Waals surface area contributed by atoms with Crippen LogP contribution in [-0.4, -0.2) is 26.8 Å². The highest BCUT2D eigenvalue weighted by molar-refractivity contribution is 5.22. The number of aliphatic hydroxyl groups excluding tert-OH is 1. The van der Waals surface area contributed by atoms with Crippen molar-refractivity contribution in [2.75, 3.05) is 6.61 Å². The molecular formula is C6H10N4O3. The number of H-pyrrole nitrogens is 1. The predicted octanol–water partition coefficient (Wildman–Crippen LogP) is -0.300. The summed E-state index contributed by atoms with van der Waals surface area (Å²) in [7, 11) is 0. The molecule has 0 saturated heterocycles. The van der Waals surface area contributed by atoms with Crippen molar-refractivity contribution in [2.24, 2.45) is 5.73 Å². The molecule has 72 valence electrons. The van der Waals surface area contributed by atoms with Gasteiger partial charge in [-0.25, -0.2) is 0 Å². The normalized spacial score (nSPS) is 12.8. The van der Waals surface area contributed by atoms with E-state index >= 15 is 0 Å². The van der Waals surface area contributed by atoms with Crippen molar-refractivity contribution in [2.45, 2.75) is 12.5 Å². The van der Waals surface area contributed by atoms with E-state index in [0.29, 0.717) is 12.1 Å². The van der Waals surface area contributed by atoms with Crippen LogP contribution < -0.4 is 5.73 Å². The Morgan fingerprint density at radius 2 is 2.54 bits per heavy atom. The molecule has 0 radical (unpaired) electrons. The van der Waals surface area contributed by atoms with Gasteiger partial charge in [-0.15, -0.1) is 5.10 Å². The molecule has 0 amide bonds. The first-order chi connectivity index (χ1) is 6.15. The lowest BCUT2D eigenvalue weighted by Crippen LogP contribution is -2.12. The van der Waals surface area contributed by atoms with Gasteiger partial charge in [0.25, 0.3) is 0 Å². The number of nitrogens with zero attached hydrogens (tertiary/aromatic N) is 2. The molecule has 1 heterocycles. The summed E-state index contributed by atoms with van der Waals surface area (Å²) in [6.07, 6.45) is 0.335. The maximum atomic E-state index is 10.2. The second kappa shape index (κ2) is 3.97. The van der Waals surface area contributed by atoms with E-state index in [-0.39, 0.29) is 12.4 Å². The van der Waals surface area contributed by atoms with Gasteiger partial charge in [0.2, 0.25) is 0 Å². The average Bonchev–Trinajstić information content (AvgIpc) is 2.52. The van der Waals surface area contributed by atoms with Crippen molar-refractivity contribution in [3.05, 3.63) is 21.9 Å². The number of nitrogens with two attached hydrogens (primary N) is 1. The molecule has 1 rings (SSSR count). The van der Waals surface area contributed by atoms with Crippen LogP contribution in [-0.2, 0) is 0 Å². The minimum atomic E-state index is -0.581. The van der Waals surface area contributed by atoms with Gasteiger partial charge in [0.05, 0.1) is 12.1 Å². The molecule has 0 saturated carbocycles. The summed E-state index contributed by atoms with van der Waals surface area (Å²) in [6.45, 7) is -0.0676. The van der Waals surface area contributed by atoms with Gasteiger partial charge in [0, 0.05) is 6.61 Å². The van der Waals surface area contributed by atoms with Crippen LogP contribution in [0.5, 0.6) is 0 Å². The lowest BCUT2D eigenvalue weighted by molar-refractivity contribution is -0.389. The maximum Gasteiger partial charge on any atom is 0.342 e. The number of aromatic nitrogens is 2. The zero-order valence-electron chi connectivity index (χ0n) is 6.80. The van der Waals surface area contributed by atoms with Crippen LogP contribution in [0.3, 0.4) is 0 Å². The smallest absolute Gasteiger partial charge is 0.342 e. The Labute approximate surface area is 73.7 Å². The van der Waals surface area contributed by atoms with Crippen molar-refractivity contribution >= 4 is 5.82 Å². The Hall–Kier alpha value is -1.47. The van der Waals surface area contributed by atoms with Crippen LogP contribution >= 0.6 is 0 Å². The van der Waals surface area contributed by atoms with Crippen LogP contribution in [0.4, 0.5) is 5.82 Å². The summed E-state index contributed by atoms with van der Waals surface area (Å²) in [5.74, 6) is -0.191. The highest BCUT2D eigenvalue weighted by Gasteiger charge is 2.14. The fraction of sp³-hybridized carbons (Fsp3) is 0.500. The minimum Gasteiger partial charge on any atom is -0.396 e. The molecule has 7 nitrogen and oxygen atoms in total. The Bertz CT molecular complexity index is 298. The second-order valence-electron chi connectivity index (χ2n) is 2.55. The summed E-state index contributed by atoms with van der Waals surface area (Å²) in [6, 6.07) is 0.801. The lowest BCUT2D eigenvalue weighted by atomic mass is 10.1. The maximum absolute atomic E-state index is 10.2. The molecule has 0 aliphatic carbocycles. The van der Waals surface area contributed by atoms with Gasteiger partial charge in [-0.1, -0.05) is 5.10 Å². The van der Waals surface area contributed by atoms with E-state index in [2.05, 4.69) is 10.2 Å². The largest absolute Gasteiger partial charge is 0.396 e. The van der Waals surface area contributed by atoms with Crippen LogP contribution in [0.2, 0.25) is 0 Å². The van der Waals surface area contributed by atoms with Gasteiger partial charge < -0.3 is 21.0 Å². The fourth-order valence-electron chi connectivity index (χ4n) is 0.897. The molecule has 0 aliphatic rings. The Morgan fingerprint density at radius 3 is 3.00 bits per heavy atom. The molecule has 0 aromatic carbocycles. The van der Waals surface area contributed by atoms with E-state index in [1.807, 2.05) is 0 Å². The SMILES string of the molecule is NC(CCO)c1cc([N+](=O)[O-])[nH]n1. The van der Waals surface area contributed by atoms with Crippen LogP contribution in [0, 0.1) is 10.1 Å². The first-order valence-corrected chi connectivity index (χ1v) is 3.71. The Balaban J connectivity index is 2.73. The van der Waals surface area contributed by atoms with Gasteiger partial charge >= 0.3 is 5.82 Å². The number of aromatic amines is 1. The molecule has 7 heteroatoms. The molecule has 1 aromatic rings. The number of rotatable bonds is 4. The molecule has 0 bridgehead atoms. The first-order valence-electron chi connectivity index (χ1n) is 3.71. The van der Waals surface area contributed by atoms with Crippen LogP contribution in [0.1, 0.15) is 18.2 Å². The summed E-state index contributed by atoms with van der Waals surface area (Å²) in [5, 5.41) is 24.7. The van der Waals surface area contributed by atoms with Gasteiger partial charge in [-0.05, 0) is 11.3 Å².